The second-order valence-electron chi connectivity index (χ2n) is 5.25. The predicted molar refractivity (Wildman–Crippen MR) is 90.2 cm³/mol. The number of benzene rings is 3. The Labute approximate surface area is 127 Å². The maximum absolute atomic E-state index is 12.2. The summed E-state index contributed by atoms with van der Waals surface area (Å²) in [4.78, 5) is 15.6. The molecule has 4 rings (SSSR count). The monoisotopic (exact) mass is 286 g/mol. The van der Waals surface area contributed by atoms with Crippen LogP contribution in [0, 0.1) is 0 Å². The van der Waals surface area contributed by atoms with E-state index in [0.717, 1.165) is 27.5 Å². The van der Waals surface area contributed by atoms with E-state index in [0.29, 0.717) is 5.56 Å². The molecule has 0 aliphatic rings. The van der Waals surface area contributed by atoms with E-state index in [2.05, 4.69) is 22.4 Å². The molecule has 0 bridgehead atoms. The summed E-state index contributed by atoms with van der Waals surface area (Å²) in [5.74, 6) is -0.0974. The number of amides is 1. The van der Waals surface area contributed by atoms with Crippen LogP contribution in [0.4, 0.5) is 5.69 Å². The van der Waals surface area contributed by atoms with E-state index in [1.54, 1.807) is 12.1 Å². The zero-order chi connectivity index (χ0) is 14.9. The summed E-state index contributed by atoms with van der Waals surface area (Å²) in [5.41, 5.74) is 3.62. The summed E-state index contributed by atoms with van der Waals surface area (Å²) in [6.07, 6.45) is 0. The summed E-state index contributed by atoms with van der Waals surface area (Å²) in [6.45, 7) is 0. The highest BCUT2D eigenvalue weighted by Crippen LogP contribution is 2.27. The van der Waals surface area contributed by atoms with Crippen LogP contribution in [0.15, 0.2) is 72.8 Å². The smallest absolute Gasteiger partial charge is 0.255 e. The number of carbonyl (C=O) groups excluding carboxylic acids is 1. The molecule has 0 unspecified atom stereocenters. The molecular formula is C19H14N2O. The van der Waals surface area contributed by atoms with Gasteiger partial charge < -0.3 is 10.3 Å². The van der Waals surface area contributed by atoms with Crippen molar-refractivity contribution in [1.29, 1.82) is 0 Å². The number of aromatic amines is 1. The largest absolute Gasteiger partial charge is 0.355 e. The molecule has 22 heavy (non-hydrogen) atoms. The molecule has 4 aromatic rings. The lowest BCUT2D eigenvalue weighted by Gasteiger charge is -2.05. The fourth-order valence-corrected chi connectivity index (χ4v) is 2.72. The minimum atomic E-state index is -0.0974. The topological polar surface area (TPSA) is 44.9 Å². The Morgan fingerprint density at radius 2 is 1.50 bits per heavy atom. The molecule has 0 radical (unpaired) electrons. The first-order chi connectivity index (χ1) is 10.8. The summed E-state index contributed by atoms with van der Waals surface area (Å²) in [6, 6.07) is 23.3. The maximum Gasteiger partial charge on any atom is 0.255 e. The molecule has 1 aromatic heterocycles. The molecule has 0 spiro atoms. The number of H-pyrrole nitrogens is 1. The Bertz CT molecular complexity index is 970. The number of nitrogens with one attached hydrogen (secondary N) is 2. The molecule has 0 aliphatic carbocycles. The van der Waals surface area contributed by atoms with Gasteiger partial charge in [-0.15, -0.1) is 0 Å². The van der Waals surface area contributed by atoms with Gasteiger partial charge in [-0.05, 0) is 36.4 Å². The van der Waals surface area contributed by atoms with E-state index in [1.807, 2.05) is 48.5 Å². The molecule has 3 nitrogen and oxygen atoms in total. The third-order valence-electron chi connectivity index (χ3n) is 3.80. The van der Waals surface area contributed by atoms with Crippen molar-refractivity contribution in [3.8, 4) is 0 Å². The van der Waals surface area contributed by atoms with Crippen LogP contribution in [-0.4, -0.2) is 10.9 Å². The van der Waals surface area contributed by atoms with E-state index in [-0.39, 0.29) is 5.91 Å². The molecule has 3 heteroatoms. The normalized spacial score (nSPS) is 10.9. The Hall–Kier alpha value is -3.07. The third kappa shape index (κ3) is 2.13. The van der Waals surface area contributed by atoms with Gasteiger partial charge in [-0.3, -0.25) is 4.79 Å². The highest BCUT2D eigenvalue weighted by Gasteiger charge is 2.08. The van der Waals surface area contributed by atoms with Crippen molar-refractivity contribution in [1.82, 2.24) is 4.98 Å². The van der Waals surface area contributed by atoms with Crippen molar-refractivity contribution in [2.75, 3.05) is 5.32 Å². The van der Waals surface area contributed by atoms with Crippen molar-refractivity contribution in [2.45, 2.75) is 0 Å². The average Bonchev–Trinajstić information content (AvgIpc) is 2.94. The van der Waals surface area contributed by atoms with Gasteiger partial charge in [0, 0.05) is 33.1 Å². The van der Waals surface area contributed by atoms with E-state index in [1.165, 1.54) is 0 Å². The van der Waals surface area contributed by atoms with Gasteiger partial charge in [-0.25, -0.2) is 0 Å². The van der Waals surface area contributed by atoms with Gasteiger partial charge in [0.1, 0.15) is 0 Å². The Balaban J connectivity index is 1.73. The van der Waals surface area contributed by atoms with Crippen molar-refractivity contribution >= 4 is 33.4 Å². The van der Waals surface area contributed by atoms with Crippen LogP contribution in [-0.2, 0) is 0 Å². The molecule has 0 saturated heterocycles. The number of para-hydroxylation sites is 1. The predicted octanol–water partition coefficient (Wildman–Crippen LogP) is 4.57. The van der Waals surface area contributed by atoms with Gasteiger partial charge in [0.2, 0.25) is 0 Å². The van der Waals surface area contributed by atoms with Crippen LogP contribution in [0.25, 0.3) is 21.8 Å². The highest BCUT2D eigenvalue weighted by atomic mass is 16.1. The average molecular weight is 286 g/mol. The van der Waals surface area contributed by atoms with Crippen LogP contribution in [0.1, 0.15) is 10.4 Å². The van der Waals surface area contributed by atoms with Crippen LogP contribution in [0.3, 0.4) is 0 Å². The van der Waals surface area contributed by atoms with E-state index >= 15 is 0 Å². The Morgan fingerprint density at radius 3 is 2.36 bits per heavy atom. The molecule has 1 amide bonds. The number of rotatable bonds is 2. The fourth-order valence-electron chi connectivity index (χ4n) is 2.72. The first-order valence-corrected chi connectivity index (χ1v) is 7.18. The molecule has 1 heterocycles. The lowest BCUT2D eigenvalue weighted by molar-refractivity contribution is 0.102. The van der Waals surface area contributed by atoms with Gasteiger partial charge in [-0.1, -0.05) is 36.4 Å². The van der Waals surface area contributed by atoms with E-state index in [4.69, 9.17) is 0 Å². The molecule has 2 N–H and O–H groups in total. The lowest BCUT2D eigenvalue weighted by Crippen LogP contribution is -2.11. The quantitative estimate of drug-likeness (QED) is 0.557. The lowest BCUT2D eigenvalue weighted by atomic mass is 10.1. The number of aromatic nitrogens is 1. The third-order valence-corrected chi connectivity index (χ3v) is 3.80. The zero-order valence-corrected chi connectivity index (χ0v) is 11.8. The van der Waals surface area contributed by atoms with Crippen LogP contribution in [0.5, 0.6) is 0 Å². The second-order valence-corrected chi connectivity index (χ2v) is 5.25. The van der Waals surface area contributed by atoms with Crippen LogP contribution in [0.2, 0.25) is 0 Å². The fraction of sp³-hybridized carbons (Fsp3) is 0. The number of hydrogen-bond acceptors (Lipinski definition) is 1. The summed E-state index contributed by atoms with van der Waals surface area (Å²) >= 11 is 0. The first-order valence-electron chi connectivity index (χ1n) is 7.18. The molecule has 0 atom stereocenters. The van der Waals surface area contributed by atoms with Crippen molar-refractivity contribution in [3.05, 3.63) is 78.4 Å². The van der Waals surface area contributed by atoms with Crippen molar-refractivity contribution in [3.63, 3.8) is 0 Å². The molecular weight excluding hydrogens is 272 g/mol. The molecule has 0 fully saturated rings. The van der Waals surface area contributed by atoms with Crippen LogP contribution >= 0.6 is 0 Å². The summed E-state index contributed by atoms with van der Waals surface area (Å²) in [5, 5.41) is 5.22. The first kappa shape index (κ1) is 12.7. The minimum Gasteiger partial charge on any atom is -0.355 e. The number of fused-ring (bicyclic) bond motifs is 3. The van der Waals surface area contributed by atoms with Gasteiger partial charge >= 0.3 is 0 Å². The Kier molecular flexibility index (Phi) is 2.90. The second kappa shape index (κ2) is 5.04. The minimum absolute atomic E-state index is 0.0974. The van der Waals surface area contributed by atoms with Gasteiger partial charge in [0.05, 0.1) is 0 Å². The van der Waals surface area contributed by atoms with Crippen molar-refractivity contribution < 1.29 is 4.79 Å². The number of anilines is 1. The van der Waals surface area contributed by atoms with E-state index < -0.39 is 0 Å². The van der Waals surface area contributed by atoms with Gasteiger partial charge in [0.25, 0.3) is 5.91 Å². The SMILES string of the molecule is O=C(Nc1ccc2[nH]c3ccccc3c2c1)c1ccccc1. The van der Waals surface area contributed by atoms with Gasteiger partial charge in [0.15, 0.2) is 0 Å². The number of hydrogen-bond donors (Lipinski definition) is 2. The van der Waals surface area contributed by atoms with E-state index in [9.17, 15) is 4.79 Å². The maximum atomic E-state index is 12.2. The molecule has 0 aliphatic heterocycles. The zero-order valence-electron chi connectivity index (χ0n) is 11.8. The van der Waals surface area contributed by atoms with Crippen molar-refractivity contribution in [2.24, 2.45) is 0 Å². The highest BCUT2D eigenvalue weighted by molar-refractivity contribution is 6.10. The summed E-state index contributed by atoms with van der Waals surface area (Å²) < 4.78 is 0. The van der Waals surface area contributed by atoms with Crippen LogP contribution < -0.4 is 5.32 Å². The Morgan fingerprint density at radius 1 is 0.773 bits per heavy atom. The molecule has 3 aromatic carbocycles. The standard InChI is InChI=1S/C19H14N2O/c22-19(13-6-2-1-3-7-13)20-14-10-11-18-16(12-14)15-8-4-5-9-17(15)21-18/h1-12,21H,(H,20,22). The summed E-state index contributed by atoms with van der Waals surface area (Å²) in [7, 11) is 0. The molecule has 106 valence electrons. The number of carbonyl (C=O) groups is 1. The van der Waals surface area contributed by atoms with Gasteiger partial charge in [-0.2, -0.15) is 0 Å². The molecule has 0 saturated carbocycles.